The molecule has 0 unspecified atom stereocenters. The molecule has 10 heteroatoms. The first-order valence-electron chi connectivity index (χ1n) is 10.2. The molecule has 5 rings (SSSR count). The Balaban J connectivity index is 1.16. The first-order chi connectivity index (χ1) is 15.7. The van der Waals surface area contributed by atoms with E-state index in [0.29, 0.717) is 36.2 Å². The Morgan fingerprint density at radius 1 is 1.16 bits per heavy atom. The molecule has 1 aliphatic rings. The van der Waals surface area contributed by atoms with Gasteiger partial charge in [-0.2, -0.15) is 4.98 Å². The van der Waals surface area contributed by atoms with Crippen molar-refractivity contribution in [2.24, 2.45) is 0 Å². The van der Waals surface area contributed by atoms with E-state index in [1.165, 1.54) is 11.3 Å². The van der Waals surface area contributed by atoms with E-state index in [1.54, 1.807) is 24.6 Å². The Labute approximate surface area is 193 Å². The van der Waals surface area contributed by atoms with Crippen LogP contribution >= 0.6 is 22.7 Å². The van der Waals surface area contributed by atoms with Crippen LogP contribution in [0, 0.1) is 0 Å². The van der Waals surface area contributed by atoms with Gasteiger partial charge in [0, 0.05) is 31.7 Å². The summed E-state index contributed by atoms with van der Waals surface area (Å²) in [4.78, 5) is 27.7. The minimum absolute atomic E-state index is 0.0459. The molecule has 8 nitrogen and oxygen atoms in total. The Hall–Kier alpha value is -3.08. The maximum atomic E-state index is 12.9. The summed E-state index contributed by atoms with van der Waals surface area (Å²) in [5, 5.41) is 7.00. The summed E-state index contributed by atoms with van der Waals surface area (Å²) in [6.07, 6.45) is 1.69. The zero-order valence-electron chi connectivity index (χ0n) is 17.4. The first-order valence-corrected chi connectivity index (χ1v) is 11.9. The van der Waals surface area contributed by atoms with Crippen LogP contribution in [0.1, 0.15) is 15.6 Å². The monoisotopic (exact) mass is 467 g/mol. The van der Waals surface area contributed by atoms with Gasteiger partial charge in [0.15, 0.2) is 0 Å². The molecule has 1 saturated heterocycles. The number of nitrogens with zero attached hydrogens (tertiary/aromatic N) is 5. The second kappa shape index (κ2) is 9.19. The average molecular weight is 468 g/mol. The predicted molar refractivity (Wildman–Crippen MR) is 123 cm³/mol. The van der Waals surface area contributed by atoms with Gasteiger partial charge in [0.25, 0.3) is 5.91 Å². The highest BCUT2D eigenvalue weighted by atomic mass is 32.1. The summed E-state index contributed by atoms with van der Waals surface area (Å²) in [5.74, 6) is 1.96. The van der Waals surface area contributed by atoms with Crippen LogP contribution in [0.15, 0.2) is 52.5 Å². The Kier molecular flexibility index (Phi) is 5.97. The van der Waals surface area contributed by atoms with E-state index < -0.39 is 0 Å². The lowest BCUT2D eigenvalue weighted by atomic mass is 10.2. The molecule has 0 aliphatic carbocycles. The summed E-state index contributed by atoms with van der Waals surface area (Å²) in [5.41, 5.74) is 0.877. The van der Waals surface area contributed by atoms with Gasteiger partial charge in [0.1, 0.15) is 15.6 Å². The van der Waals surface area contributed by atoms with Crippen LogP contribution in [0.25, 0.3) is 21.3 Å². The van der Waals surface area contributed by atoms with Crippen LogP contribution in [0.3, 0.4) is 0 Å². The number of aromatic nitrogens is 3. The molecular weight excluding hydrogens is 446 g/mol. The largest absolute Gasteiger partial charge is 0.497 e. The number of methoxy groups -OCH3 is 1. The molecule has 32 heavy (non-hydrogen) atoms. The third-order valence-corrected chi connectivity index (χ3v) is 7.31. The predicted octanol–water partition coefficient (Wildman–Crippen LogP) is 3.89. The van der Waals surface area contributed by atoms with Crippen LogP contribution in [0.5, 0.6) is 5.75 Å². The molecule has 0 saturated carbocycles. The number of amides is 1. The highest BCUT2D eigenvalue weighted by Crippen LogP contribution is 2.29. The van der Waals surface area contributed by atoms with Gasteiger partial charge in [-0.15, -0.1) is 22.7 Å². The number of hydrogen-bond donors (Lipinski definition) is 0. The fourth-order valence-electron chi connectivity index (χ4n) is 3.52. The number of ether oxygens (including phenoxy) is 1. The molecule has 0 N–H and O–H groups in total. The molecule has 1 fully saturated rings. The number of rotatable bonds is 6. The lowest BCUT2D eigenvalue weighted by molar-refractivity contribution is 0.0619. The van der Waals surface area contributed by atoms with E-state index in [4.69, 9.17) is 9.26 Å². The lowest BCUT2D eigenvalue weighted by Gasteiger charge is -2.33. The average Bonchev–Trinajstić information content (AvgIpc) is 3.61. The van der Waals surface area contributed by atoms with Crippen molar-refractivity contribution in [1.82, 2.24) is 24.9 Å². The molecule has 4 heterocycles. The molecule has 0 radical (unpaired) electrons. The quantitative estimate of drug-likeness (QED) is 0.425. The molecule has 4 aromatic rings. The van der Waals surface area contributed by atoms with E-state index in [0.717, 1.165) is 34.3 Å². The van der Waals surface area contributed by atoms with Crippen LogP contribution in [0.2, 0.25) is 0 Å². The second-order valence-corrected chi connectivity index (χ2v) is 9.29. The first kappa shape index (κ1) is 20.8. The van der Waals surface area contributed by atoms with Crippen molar-refractivity contribution in [2.45, 2.75) is 6.54 Å². The van der Waals surface area contributed by atoms with Crippen molar-refractivity contribution in [3.05, 3.63) is 58.7 Å². The third kappa shape index (κ3) is 4.43. The fourth-order valence-corrected chi connectivity index (χ4v) is 5.21. The maximum Gasteiger partial charge on any atom is 0.265 e. The molecule has 3 aromatic heterocycles. The molecule has 164 valence electrons. The Morgan fingerprint density at radius 2 is 1.97 bits per heavy atom. The highest BCUT2D eigenvalue weighted by Gasteiger charge is 2.25. The molecule has 0 atom stereocenters. The molecule has 1 aliphatic heterocycles. The number of piperazine rings is 1. The van der Waals surface area contributed by atoms with E-state index >= 15 is 0 Å². The van der Waals surface area contributed by atoms with Crippen LogP contribution in [-0.4, -0.2) is 64.1 Å². The van der Waals surface area contributed by atoms with Gasteiger partial charge < -0.3 is 14.2 Å². The van der Waals surface area contributed by atoms with Gasteiger partial charge in [-0.05, 0) is 35.7 Å². The lowest BCUT2D eigenvalue weighted by Crippen LogP contribution is -2.48. The van der Waals surface area contributed by atoms with Crippen molar-refractivity contribution < 1.29 is 14.1 Å². The topological polar surface area (TPSA) is 84.6 Å². The van der Waals surface area contributed by atoms with Crippen molar-refractivity contribution >= 4 is 28.6 Å². The van der Waals surface area contributed by atoms with Gasteiger partial charge in [0.05, 0.1) is 24.7 Å². The number of hydrogen-bond acceptors (Lipinski definition) is 9. The Morgan fingerprint density at radius 3 is 2.69 bits per heavy atom. The second-order valence-electron chi connectivity index (χ2n) is 7.32. The smallest absolute Gasteiger partial charge is 0.265 e. The summed E-state index contributed by atoms with van der Waals surface area (Å²) in [7, 11) is 1.63. The summed E-state index contributed by atoms with van der Waals surface area (Å²) in [6, 6.07) is 11.6. The number of carbonyl (C=O) groups excluding carboxylic acids is 1. The zero-order chi connectivity index (χ0) is 21.9. The van der Waals surface area contributed by atoms with E-state index in [2.05, 4.69) is 20.0 Å². The SMILES string of the molecule is COc1ccc(-c2noc(CN3CCN(C(=O)c4cnc(-c5cccs5)s4)CC3)n2)cc1. The highest BCUT2D eigenvalue weighted by molar-refractivity contribution is 7.21. The minimum atomic E-state index is 0.0459. The van der Waals surface area contributed by atoms with Crippen molar-refractivity contribution in [3.8, 4) is 27.0 Å². The third-order valence-electron chi connectivity index (χ3n) is 5.28. The summed E-state index contributed by atoms with van der Waals surface area (Å²) < 4.78 is 10.6. The minimum Gasteiger partial charge on any atom is -0.497 e. The van der Waals surface area contributed by atoms with E-state index in [-0.39, 0.29) is 5.91 Å². The van der Waals surface area contributed by atoms with E-state index in [1.807, 2.05) is 46.7 Å². The van der Waals surface area contributed by atoms with Crippen LogP contribution in [-0.2, 0) is 6.54 Å². The van der Waals surface area contributed by atoms with Gasteiger partial charge in [0.2, 0.25) is 11.7 Å². The Bertz CT molecular complexity index is 1180. The number of thiazole rings is 1. The standard InChI is InChI=1S/C22H21N5O3S2/c1-29-16-6-4-15(5-7-16)20-24-19(30-25-20)14-26-8-10-27(11-9-26)22(28)18-13-23-21(32-18)17-3-2-12-31-17/h2-7,12-13H,8-11,14H2,1H3. The van der Waals surface area contributed by atoms with Gasteiger partial charge in [-0.1, -0.05) is 11.2 Å². The van der Waals surface area contributed by atoms with Gasteiger partial charge in [-0.3, -0.25) is 9.69 Å². The number of carbonyl (C=O) groups is 1. The number of thiophene rings is 1. The molecule has 0 bridgehead atoms. The summed E-state index contributed by atoms with van der Waals surface area (Å²) in [6.45, 7) is 3.38. The molecule has 0 spiro atoms. The number of benzene rings is 1. The van der Waals surface area contributed by atoms with Crippen LogP contribution in [0.4, 0.5) is 0 Å². The van der Waals surface area contributed by atoms with Gasteiger partial charge >= 0.3 is 0 Å². The normalized spacial score (nSPS) is 14.6. The molecular formula is C22H21N5O3S2. The van der Waals surface area contributed by atoms with Gasteiger partial charge in [-0.25, -0.2) is 4.98 Å². The zero-order valence-corrected chi connectivity index (χ0v) is 19.1. The van der Waals surface area contributed by atoms with Crippen molar-refractivity contribution in [2.75, 3.05) is 33.3 Å². The van der Waals surface area contributed by atoms with E-state index in [9.17, 15) is 4.79 Å². The van der Waals surface area contributed by atoms with Crippen LogP contribution < -0.4 is 4.74 Å². The van der Waals surface area contributed by atoms with Crippen molar-refractivity contribution in [3.63, 3.8) is 0 Å². The summed E-state index contributed by atoms with van der Waals surface area (Å²) >= 11 is 3.08. The molecule has 1 amide bonds. The molecule has 1 aromatic carbocycles. The van der Waals surface area contributed by atoms with Crippen molar-refractivity contribution in [1.29, 1.82) is 0 Å². The maximum absolute atomic E-state index is 12.9. The fraction of sp³-hybridized carbons (Fsp3) is 0.273.